The molecule has 0 atom stereocenters. The summed E-state index contributed by atoms with van der Waals surface area (Å²) in [6.45, 7) is 64.8. The maximum Gasteiger partial charge on any atom is 0.232 e. The normalized spacial score (nSPS) is 25.2. The van der Waals surface area contributed by atoms with Crippen LogP contribution in [0.5, 0.6) is 0 Å². The number of rotatable bonds is 10. The second kappa shape index (κ2) is 25.4. The largest absolute Gasteiger partial charge is 0.349 e. The van der Waals surface area contributed by atoms with Crippen molar-refractivity contribution in [3.63, 3.8) is 0 Å². The summed E-state index contributed by atoms with van der Waals surface area (Å²) in [5, 5.41) is 24.0. The van der Waals surface area contributed by atoms with Gasteiger partial charge in [-0.15, -0.1) is 0 Å². The van der Waals surface area contributed by atoms with Gasteiger partial charge in [0.05, 0.1) is 0 Å². The fraction of sp³-hybridized carbons (Fsp3) is 0.914. The molecular weight excluding hydrogens is 1060 g/mol. The molecule has 4 bridgehead atoms. The molecule has 2 aromatic heterocycles. The molecule has 16 nitrogen and oxygen atoms in total. The van der Waals surface area contributed by atoms with E-state index in [-0.39, 0.29) is 90.4 Å². The summed E-state index contributed by atoms with van der Waals surface area (Å²) < 4.78 is 0. The van der Waals surface area contributed by atoms with Crippen LogP contribution in [0, 0.1) is 10.8 Å². The van der Waals surface area contributed by atoms with Crippen LogP contribution in [0.4, 0.5) is 35.7 Å². The Labute approximate surface area is 526 Å². The number of hydrogen-bond donors (Lipinski definition) is 6. The maximum atomic E-state index is 5.78. The van der Waals surface area contributed by atoms with Crippen molar-refractivity contribution in [2.45, 2.75) is 375 Å². The Bertz CT molecular complexity index is 2170. The van der Waals surface area contributed by atoms with Crippen LogP contribution in [-0.2, 0) is 0 Å². The number of piperidine rings is 4. The van der Waals surface area contributed by atoms with Gasteiger partial charge in [-0.2, -0.15) is 29.9 Å². The van der Waals surface area contributed by atoms with Crippen LogP contribution in [0.15, 0.2) is 0 Å². The van der Waals surface area contributed by atoms with Gasteiger partial charge < -0.3 is 51.5 Å². The van der Waals surface area contributed by atoms with Gasteiger partial charge in [0, 0.05) is 106 Å². The molecule has 4 fully saturated rings. The Hall–Kier alpha value is -3.34. The summed E-state index contributed by atoms with van der Waals surface area (Å²) in [7, 11) is 0. The van der Waals surface area contributed by atoms with Crippen LogP contribution < -0.4 is 51.5 Å². The zero-order valence-electron chi connectivity index (χ0n) is 60.3. The van der Waals surface area contributed by atoms with Crippen LogP contribution in [0.1, 0.15) is 296 Å². The van der Waals surface area contributed by atoms with Crippen molar-refractivity contribution < 1.29 is 0 Å². The lowest BCUT2D eigenvalue weighted by molar-refractivity contribution is 0.155. The topological polar surface area (TPSA) is 162 Å². The molecule has 0 unspecified atom stereocenters. The summed E-state index contributed by atoms with van der Waals surface area (Å²) in [5.74, 6) is 4.63. The average molecular weight is 1200 g/mol. The number of anilines is 6. The first kappa shape index (κ1) is 70.1. The van der Waals surface area contributed by atoms with Crippen LogP contribution >= 0.6 is 0 Å². The number of fused-ring (bicyclic) bond motifs is 4. The predicted octanol–water partition coefficient (Wildman–Crippen LogP) is 14.6. The highest BCUT2D eigenvalue weighted by molar-refractivity contribution is 5.50. The molecule has 0 amide bonds. The minimum atomic E-state index is -0.257. The molecule has 0 saturated carbocycles. The number of hydrogen-bond acceptors (Lipinski definition) is 16. The SMILES string of the molecule is CC(C)(C)CC(C)(C)Nc1nc2nc(n1)N(C1CC(C)(C)NC(C)(C)C1)CCCCCCN(C1CC(C)(C)NC(C)(C)C1)c1nc(NC(C)(C)CC(C)(C)C)nc(n1)N(C1CC(C)(C)NC(C)(C)C1)CCCCCCN2C1CC(C)(C)NC(C)(C)C1. The standard InChI is InChI=1S/C70H132N16/c1-59(2,3)47-69(23,24)77-53-71-55-75-56(72-53)84(50-41-63(11,12)80-64(13,14)42-50)36-32-28-30-34-38-86(52-45-67(19,20)82-68(21,22)46-52)58-74-54(78-70(25,26)48-60(4,5)6)73-57(76-58)85(51-43-65(15,16)81-66(17,18)44-51)37-33-29-27-31-35-83(55)49-39-61(7,8)79-62(9,10)40-49/h49-52,79-82H,27-48H2,1-26H3,(H,71,72,75,77)(H,73,74,76,78). The van der Waals surface area contributed by atoms with E-state index in [1.54, 1.807) is 0 Å². The third kappa shape index (κ3) is 20.9. The maximum absolute atomic E-state index is 5.78. The quantitative estimate of drug-likeness (QED) is 0.133. The zero-order chi connectivity index (χ0) is 64.1. The fourth-order valence-electron chi connectivity index (χ4n) is 18.3. The van der Waals surface area contributed by atoms with Gasteiger partial charge in [-0.25, -0.2) is 0 Å². The first-order chi connectivity index (χ1) is 39.1. The van der Waals surface area contributed by atoms with Crippen molar-refractivity contribution >= 4 is 35.7 Å². The Morgan fingerprint density at radius 2 is 0.500 bits per heavy atom. The first-order valence-electron chi connectivity index (χ1n) is 34.4. The molecule has 7 heterocycles. The zero-order valence-corrected chi connectivity index (χ0v) is 60.3. The predicted molar refractivity (Wildman–Crippen MR) is 367 cm³/mol. The second-order valence-electron chi connectivity index (χ2n) is 37.4. The molecule has 0 aliphatic carbocycles. The third-order valence-corrected chi connectivity index (χ3v) is 18.6. The number of nitrogens with zero attached hydrogens (tertiary/aromatic N) is 10. The molecule has 4 saturated heterocycles. The van der Waals surface area contributed by atoms with E-state index < -0.39 is 0 Å². The third-order valence-electron chi connectivity index (χ3n) is 18.6. The summed E-state index contributed by atoms with van der Waals surface area (Å²) in [6.07, 6.45) is 18.4. The average Bonchev–Trinajstić information content (AvgIpc) is 0.988. The molecule has 0 aromatic carbocycles. The number of aromatic nitrogens is 6. The van der Waals surface area contributed by atoms with Gasteiger partial charge in [-0.05, 0) is 239 Å². The van der Waals surface area contributed by atoms with E-state index in [2.05, 4.69) is 232 Å². The summed E-state index contributed by atoms with van der Waals surface area (Å²) >= 11 is 0. The second-order valence-corrected chi connectivity index (χ2v) is 37.4. The van der Waals surface area contributed by atoms with E-state index in [9.17, 15) is 0 Å². The van der Waals surface area contributed by atoms with Gasteiger partial charge in [-0.1, -0.05) is 67.2 Å². The van der Waals surface area contributed by atoms with Gasteiger partial charge in [0.2, 0.25) is 35.7 Å². The number of nitrogens with one attached hydrogen (secondary N) is 6. The Morgan fingerprint density at radius 1 is 0.314 bits per heavy atom. The molecule has 2 aromatic rings. The van der Waals surface area contributed by atoms with Crippen molar-refractivity contribution in [1.29, 1.82) is 0 Å². The molecule has 7 rings (SSSR count). The molecule has 492 valence electrons. The van der Waals surface area contributed by atoms with Crippen LogP contribution in [0.2, 0.25) is 0 Å². The van der Waals surface area contributed by atoms with Crippen molar-refractivity contribution in [3.05, 3.63) is 0 Å². The monoisotopic (exact) mass is 1200 g/mol. The molecule has 5 aliphatic heterocycles. The molecule has 0 spiro atoms. The smallest absolute Gasteiger partial charge is 0.232 e. The van der Waals surface area contributed by atoms with E-state index >= 15 is 0 Å². The van der Waals surface area contributed by atoms with Crippen molar-refractivity contribution in [2.75, 3.05) is 56.4 Å². The highest BCUT2D eigenvalue weighted by atomic mass is 15.4. The van der Waals surface area contributed by atoms with Crippen molar-refractivity contribution in [2.24, 2.45) is 10.8 Å². The Kier molecular flexibility index (Phi) is 20.7. The van der Waals surface area contributed by atoms with Gasteiger partial charge in [0.1, 0.15) is 0 Å². The highest BCUT2D eigenvalue weighted by Gasteiger charge is 2.46. The van der Waals surface area contributed by atoms with Gasteiger partial charge in [-0.3, -0.25) is 0 Å². The van der Waals surface area contributed by atoms with Crippen molar-refractivity contribution in [1.82, 2.24) is 51.2 Å². The molecule has 0 radical (unpaired) electrons. The lowest BCUT2D eigenvalue weighted by Crippen LogP contribution is -2.63. The van der Waals surface area contributed by atoms with Crippen molar-refractivity contribution in [3.8, 4) is 0 Å². The van der Waals surface area contributed by atoms with E-state index in [1.807, 2.05) is 0 Å². The lowest BCUT2D eigenvalue weighted by atomic mass is 9.79. The van der Waals surface area contributed by atoms with Crippen LogP contribution in [0.25, 0.3) is 0 Å². The highest BCUT2D eigenvalue weighted by Crippen LogP contribution is 2.41. The van der Waals surface area contributed by atoms with Crippen LogP contribution in [-0.4, -0.2) is 136 Å². The van der Waals surface area contributed by atoms with E-state index in [0.29, 0.717) is 11.9 Å². The van der Waals surface area contributed by atoms with E-state index in [1.165, 1.54) is 0 Å². The van der Waals surface area contributed by atoms with E-state index in [4.69, 9.17) is 29.9 Å². The minimum Gasteiger partial charge on any atom is -0.349 e. The van der Waals surface area contributed by atoms with E-state index in [0.717, 1.165) is 166 Å². The molecule has 6 N–H and O–H groups in total. The minimum absolute atomic E-state index is 0.0666. The molecule has 86 heavy (non-hydrogen) atoms. The Balaban J connectivity index is 1.37. The van der Waals surface area contributed by atoms with Gasteiger partial charge in [0.15, 0.2) is 0 Å². The summed E-state index contributed by atoms with van der Waals surface area (Å²) in [4.78, 5) is 44.4. The van der Waals surface area contributed by atoms with Crippen LogP contribution in [0.3, 0.4) is 0 Å². The first-order valence-corrected chi connectivity index (χ1v) is 34.4. The Morgan fingerprint density at radius 3 is 0.674 bits per heavy atom. The molecule has 16 heteroatoms. The summed E-state index contributed by atoms with van der Waals surface area (Å²) in [5.41, 5.74) is -0.833. The summed E-state index contributed by atoms with van der Waals surface area (Å²) in [6, 6.07) is 0.947. The molecular formula is C70H132N16. The molecule has 5 aliphatic rings. The fourth-order valence-corrected chi connectivity index (χ4v) is 18.3. The van der Waals surface area contributed by atoms with Gasteiger partial charge >= 0.3 is 0 Å². The lowest BCUT2D eigenvalue weighted by Gasteiger charge is -2.50. The van der Waals surface area contributed by atoms with Gasteiger partial charge in [0.25, 0.3) is 0 Å².